The summed E-state index contributed by atoms with van der Waals surface area (Å²) in [7, 11) is 1.88. The lowest BCUT2D eigenvalue weighted by Crippen LogP contribution is -2.32. The second-order valence-electron chi connectivity index (χ2n) is 4.17. The fourth-order valence-electron chi connectivity index (χ4n) is 1.95. The highest BCUT2D eigenvalue weighted by atomic mass is 79.9. The fraction of sp³-hybridized carbons (Fsp3) is 0.545. The fourth-order valence-corrected chi connectivity index (χ4v) is 3.37. The van der Waals surface area contributed by atoms with Gasteiger partial charge in [0.25, 0.3) is 5.91 Å². The highest BCUT2D eigenvalue weighted by molar-refractivity contribution is 9.10. The molecule has 1 aromatic heterocycles. The van der Waals surface area contributed by atoms with Crippen molar-refractivity contribution in [3.8, 4) is 0 Å². The molecule has 1 fully saturated rings. The third-order valence-electron chi connectivity index (χ3n) is 2.82. The third kappa shape index (κ3) is 2.84. The van der Waals surface area contributed by atoms with Crippen LogP contribution >= 0.6 is 27.3 Å². The van der Waals surface area contributed by atoms with Crippen LogP contribution in [-0.4, -0.2) is 37.5 Å². The van der Waals surface area contributed by atoms with Gasteiger partial charge in [0, 0.05) is 23.4 Å². The third-order valence-corrected chi connectivity index (χ3v) is 4.50. The molecule has 0 radical (unpaired) electrons. The van der Waals surface area contributed by atoms with E-state index >= 15 is 0 Å². The van der Waals surface area contributed by atoms with E-state index < -0.39 is 0 Å². The monoisotopic (exact) mass is 302 g/mol. The Balaban J connectivity index is 1.93. The summed E-state index contributed by atoms with van der Waals surface area (Å²) in [4.78, 5) is 14.7. The molecule has 0 saturated carbocycles. The van der Waals surface area contributed by atoms with E-state index in [4.69, 9.17) is 0 Å². The first-order valence-corrected chi connectivity index (χ1v) is 7.04. The van der Waals surface area contributed by atoms with Crippen molar-refractivity contribution < 1.29 is 4.79 Å². The molecule has 0 bridgehead atoms. The lowest BCUT2D eigenvalue weighted by Gasteiger charge is -2.19. The lowest BCUT2D eigenvalue weighted by molar-refractivity contribution is 0.0781. The second-order valence-corrected chi connectivity index (χ2v) is 6.00. The number of nitrogens with one attached hydrogen (secondary N) is 1. The molecule has 5 heteroatoms. The van der Waals surface area contributed by atoms with E-state index in [9.17, 15) is 4.79 Å². The Kier molecular flexibility index (Phi) is 4.00. The number of rotatable bonds is 3. The average Bonchev–Trinajstić information content (AvgIpc) is 2.88. The number of halogens is 1. The summed E-state index contributed by atoms with van der Waals surface area (Å²) in [5.74, 6) is 0.736. The summed E-state index contributed by atoms with van der Waals surface area (Å²) >= 11 is 4.86. The summed E-state index contributed by atoms with van der Waals surface area (Å²) in [6.45, 7) is 2.96. The lowest BCUT2D eigenvalue weighted by atomic mass is 10.1. The number of hydrogen-bond donors (Lipinski definition) is 1. The predicted octanol–water partition coefficient (Wildman–Crippen LogP) is 2.19. The van der Waals surface area contributed by atoms with E-state index in [-0.39, 0.29) is 5.91 Å². The number of thiophene rings is 1. The van der Waals surface area contributed by atoms with Gasteiger partial charge in [0.05, 0.1) is 4.88 Å². The van der Waals surface area contributed by atoms with Gasteiger partial charge in [-0.2, -0.15) is 0 Å². The molecule has 1 saturated heterocycles. The smallest absolute Gasteiger partial charge is 0.263 e. The molecule has 1 atom stereocenters. The van der Waals surface area contributed by atoms with Crippen molar-refractivity contribution in [2.45, 2.75) is 6.42 Å². The molecule has 1 N–H and O–H groups in total. The Morgan fingerprint density at radius 2 is 2.56 bits per heavy atom. The maximum absolute atomic E-state index is 12.0. The van der Waals surface area contributed by atoms with Crippen LogP contribution in [0.5, 0.6) is 0 Å². The van der Waals surface area contributed by atoms with Gasteiger partial charge in [-0.3, -0.25) is 4.79 Å². The van der Waals surface area contributed by atoms with Crippen LogP contribution in [0, 0.1) is 5.92 Å². The topological polar surface area (TPSA) is 32.3 Å². The minimum atomic E-state index is 0.127. The van der Waals surface area contributed by atoms with Crippen molar-refractivity contribution in [2.24, 2.45) is 5.92 Å². The zero-order valence-corrected chi connectivity index (χ0v) is 11.6. The summed E-state index contributed by atoms with van der Waals surface area (Å²) in [5, 5.41) is 5.26. The zero-order valence-electron chi connectivity index (χ0n) is 9.20. The maximum atomic E-state index is 12.0. The Morgan fingerprint density at radius 1 is 1.75 bits per heavy atom. The first kappa shape index (κ1) is 12.1. The highest BCUT2D eigenvalue weighted by Crippen LogP contribution is 2.21. The van der Waals surface area contributed by atoms with Crippen LogP contribution in [-0.2, 0) is 0 Å². The first-order valence-electron chi connectivity index (χ1n) is 5.37. The minimum Gasteiger partial charge on any atom is -0.341 e. The Labute approximate surface area is 108 Å². The molecule has 1 aliphatic rings. The van der Waals surface area contributed by atoms with Gasteiger partial charge in [0.2, 0.25) is 0 Å². The van der Waals surface area contributed by atoms with Crippen LogP contribution in [0.1, 0.15) is 16.1 Å². The zero-order chi connectivity index (χ0) is 11.5. The van der Waals surface area contributed by atoms with E-state index in [1.165, 1.54) is 17.8 Å². The normalized spacial score (nSPS) is 20.0. The largest absolute Gasteiger partial charge is 0.341 e. The van der Waals surface area contributed by atoms with E-state index in [0.717, 1.165) is 29.0 Å². The van der Waals surface area contributed by atoms with Crippen molar-refractivity contribution >= 4 is 33.2 Å². The summed E-state index contributed by atoms with van der Waals surface area (Å²) in [5.41, 5.74) is 0. The predicted molar refractivity (Wildman–Crippen MR) is 70.0 cm³/mol. The van der Waals surface area contributed by atoms with Gasteiger partial charge in [-0.25, -0.2) is 0 Å². The highest BCUT2D eigenvalue weighted by Gasteiger charge is 2.20. The molecule has 88 valence electrons. The van der Waals surface area contributed by atoms with Crippen LogP contribution in [0.25, 0.3) is 0 Å². The molecular formula is C11H15BrN2OS. The van der Waals surface area contributed by atoms with Gasteiger partial charge < -0.3 is 10.2 Å². The SMILES string of the molecule is CN(CC1CCNC1)C(=O)c1cc(Br)cs1. The van der Waals surface area contributed by atoms with Gasteiger partial charge in [0.1, 0.15) is 0 Å². The Bertz CT molecular complexity index is 374. The molecular weight excluding hydrogens is 288 g/mol. The molecule has 1 aromatic rings. The van der Waals surface area contributed by atoms with E-state index in [2.05, 4.69) is 21.2 Å². The number of nitrogens with zero attached hydrogens (tertiary/aromatic N) is 1. The molecule has 1 unspecified atom stereocenters. The minimum absolute atomic E-state index is 0.127. The molecule has 16 heavy (non-hydrogen) atoms. The molecule has 1 aliphatic heterocycles. The van der Waals surface area contributed by atoms with Gasteiger partial charge in [-0.15, -0.1) is 11.3 Å². The van der Waals surface area contributed by atoms with Crippen molar-refractivity contribution in [3.05, 3.63) is 20.8 Å². The summed E-state index contributed by atoms with van der Waals surface area (Å²) in [6, 6.07) is 1.89. The van der Waals surface area contributed by atoms with Gasteiger partial charge in [0.15, 0.2) is 0 Å². The number of carbonyl (C=O) groups excluding carboxylic acids is 1. The van der Waals surface area contributed by atoms with Gasteiger partial charge in [-0.1, -0.05) is 0 Å². The molecule has 0 aromatic carbocycles. The number of amides is 1. The van der Waals surface area contributed by atoms with Crippen molar-refractivity contribution in [1.29, 1.82) is 0 Å². The van der Waals surface area contributed by atoms with Gasteiger partial charge in [-0.05, 0) is 47.4 Å². The maximum Gasteiger partial charge on any atom is 0.263 e. The quantitative estimate of drug-likeness (QED) is 0.928. The molecule has 3 nitrogen and oxygen atoms in total. The molecule has 0 aliphatic carbocycles. The number of hydrogen-bond acceptors (Lipinski definition) is 3. The van der Waals surface area contributed by atoms with Gasteiger partial charge >= 0.3 is 0 Å². The van der Waals surface area contributed by atoms with Crippen molar-refractivity contribution in [3.63, 3.8) is 0 Å². The standard InChI is InChI=1S/C11H15BrN2OS/c1-14(6-8-2-3-13-5-8)11(15)10-4-9(12)7-16-10/h4,7-8,13H,2-3,5-6H2,1H3. The summed E-state index contributed by atoms with van der Waals surface area (Å²) < 4.78 is 0.983. The van der Waals surface area contributed by atoms with Crippen LogP contribution in [0.4, 0.5) is 0 Å². The second kappa shape index (κ2) is 5.29. The van der Waals surface area contributed by atoms with E-state index in [0.29, 0.717) is 5.92 Å². The molecule has 1 amide bonds. The van der Waals surface area contributed by atoms with Crippen LogP contribution < -0.4 is 5.32 Å². The van der Waals surface area contributed by atoms with Crippen LogP contribution in [0.3, 0.4) is 0 Å². The van der Waals surface area contributed by atoms with Crippen molar-refractivity contribution in [2.75, 3.05) is 26.7 Å². The van der Waals surface area contributed by atoms with Crippen LogP contribution in [0.2, 0.25) is 0 Å². The number of carbonyl (C=O) groups is 1. The average molecular weight is 303 g/mol. The molecule has 0 spiro atoms. The first-order chi connectivity index (χ1) is 7.66. The van der Waals surface area contributed by atoms with Crippen LogP contribution in [0.15, 0.2) is 15.9 Å². The van der Waals surface area contributed by atoms with E-state index in [1.54, 1.807) is 0 Å². The molecule has 2 heterocycles. The van der Waals surface area contributed by atoms with Crippen molar-refractivity contribution in [1.82, 2.24) is 10.2 Å². The summed E-state index contributed by atoms with van der Waals surface area (Å²) in [6.07, 6.45) is 1.17. The van der Waals surface area contributed by atoms with E-state index in [1.807, 2.05) is 23.4 Å². The Morgan fingerprint density at radius 3 is 3.12 bits per heavy atom. The molecule has 2 rings (SSSR count). The Hall–Kier alpha value is -0.390.